The molecule has 8 rings (SSSR count). The van der Waals surface area contributed by atoms with E-state index in [-0.39, 0.29) is 75.1 Å². The molecule has 266 valence electrons. The van der Waals surface area contributed by atoms with E-state index < -0.39 is 46.3 Å². The van der Waals surface area contributed by atoms with Gasteiger partial charge in [-0.15, -0.1) is 6.42 Å². The molecule has 4 aliphatic heterocycles. The van der Waals surface area contributed by atoms with Crippen LogP contribution in [-0.2, 0) is 0 Å². The summed E-state index contributed by atoms with van der Waals surface area (Å²) in [5, 5.41) is 3.97. The van der Waals surface area contributed by atoms with Gasteiger partial charge in [-0.2, -0.15) is 9.97 Å². The van der Waals surface area contributed by atoms with Gasteiger partial charge in [0.05, 0.1) is 28.3 Å². The third kappa shape index (κ3) is 5.22. The molecule has 3 N–H and O–H groups in total. The molecule has 0 spiro atoms. The second kappa shape index (κ2) is 12.2. The van der Waals surface area contributed by atoms with Gasteiger partial charge in [-0.05, 0) is 62.4 Å². The lowest BCUT2D eigenvalue weighted by Crippen LogP contribution is -2.58. The smallest absolute Gasteiger partial charge is 0.319 e. The Balaban J connectivity index is 1.40. The third-order valence-corrected chi connectivity index (χ3v) is 11.8. The van der Waals surface area contributed by atoms with Crippen molar-refractivity contribution in [2.45, 2.75) is 57.2 Å². The lowest BCUT2D eigenvalue weighted by molar-refractivity contribution is -0.0679. The van der Waals surface area contributed by atoms with Crippen LogP contribution < -0.4 is 20.7 Å². The molecule has 0 radical (unpaired) electrons. The number of hydrogen-bond acceptors (Lipinski definition) is 7. The number of nitrogen functional groups attached to an aromatic ring is 1. The highest BCUT2D eigenvalue weighted by Crippen LogP contribution is 2.52. The fourth-order valence-corrected chi connectivity index (χ4v) is 9.41. The summed E-state index contributed by atoms with van der Waals surface area (Å²) in [4.78, 5) is 13.5. The molecule has 5 heterocycles. The Morgan fingerprint density at radius 1 is 1.14 bits per heavy atom. The predicted octanol–water partition coefficient (Wildman–Crippen LogP) is 7.41. The van der Waals surface area contributed by atoms with E-state index in [2.05, 4.69) is 27.7 Å². The molecular weight excluding hydrogens is 687 g/mol. The number of terminal acetylenes is 1. The minimum atomic E-state index is -2.57. The molecule has 4 aromatic rings. The van der Waals surface area contributed by atoms with Gasteiger partial charge < -0.3 is 25.6 Å². The lowest BCUT2D eigenvalue weighted by Gasteiger charge is -2.44. The highest BCUT2D eigenvalue weighted by atomic mass is 35.5. The second-order valence-corrected chi connectivity index (χ2v) is 15.1. The molecule has 1 aromatic heterocycles. The molecule has 5 atom stereocenters. The van der Waals surface area contributed by atoms with Crippen molar-refractivity contribution in [1.82, 2.24) is 20.2 Å². The lowest BCUT2D eigenvalue weighted by atomic mass is 9.73. The number of ether oxygens (including phenoxy) is 1. The molecular formula is C38H36ClF5N6O. The molecule has 51 heavy (non-hydrogen) atoms. The number of halogens is 6. The maximum absolute atomic E-state index is 17.5. The molecule has 0 amide bonds. The summed E-state index contributed by atoms with van der Waals surface area (Å²) in [6, 6.07) is 3.69. The maximum Gasteiger partial charge on any atom is 0.319 e. The molecule has 2 bridgehead atoms. The monoisotopic (exact) mass is 722 g/mol. The summed E-state index contributed by atoms with van der Waals surface area (Å²) in [7, 11) is 1.87. The highest BCUT2D eigenvalue weighted by molar-refractivity contribution is 6.37. The number of anilines is 2. The molecule has 0 saturated carbocycles. The summed E-state index contributed by atoms with van der Waals surface area (Å²) >= 11 is 7.17. The van der Waals surface area contributed by atoms with Gasteiger partial charge in [-0.1, -0.05) is 37.1 Å². The van der Waals surface area contributed by atoms with E-state index in [1.54, 1.807) is 6.92 Å². The van der Waals surface area contributed by atoms with Crippen molar-refractivity contribution in [1.29, 1.82) is 0 Å². The summed E-state index contributed by atoms with van der Waals surface area (Å²) in [5.41, 5.74) is 4.36. The highest BCUT2D eigenvalue weighted by Gasteiger charge is 2.46. The van der Waals surface area contributed by atoms with Crippen LogP contribution in [0.3, 0.4) is 0 Å². The zero-order valence-electron chi connectivity index (χ0n) is 28.1. The summed E-state index contributed by atoms with van der Waals surface area (Å²) < 4.78 is 83.7. The zero-order chi connectivity index (χ0) is 36.1. The summed E-state index contributed by atoms with van der Waals surface area (Å²) in [5.74, 6) is -1.16. The number of alkyl halides is 2. The quantitative estimate of drug-likeness (QED) is 0.126. The van der Waals surface area contributed by atoms with E-state index in [9.17, 15) is 8.78 Å². The van der Waals surface area contributed by atoms with Crippen LogP contribution >= 0.6 is 11.6 Å². The fourth-order valence-electron chi connectivity index (χ4n) is 9.01. The number of benzene rings is 3. The molecule has 3 saturated heterocycles. The molecule has 0 aliphatic carbocycles. The number of piperazine rings is 1. The Labute approximate surface area is 297 Å². The topological polar surface area (TPSA) is 79.5 Å². The Kier molecular flexibility index (Phi) is 8.13. The number of rotatable bonds is 5. The van der Waals surface area contributed by atoms with Crippen molar-refractivity contribution in [3.63, 3.8) is 0 Å². The van der Waals surface area contributed by atoms with Crippen molar-refractivity contribution >= 4 is 50.4 Å². The van der Waals surface area contributed by atoms with Crippen molar-refractivity contribution in [3.05, 3.63) is 58.4 Å². The molecule has 3 aromatic carbocycles. The number of fused-ring (bicyclic) bond motifs is 6. The number of piperidine rings is 1. The Morgan fingerprint density at radius 3 is 2.67 bits per heavy atom. The van der Waals surface area contributed by atoms with E-state index in [0.717, 1.165) is 18.9 Å². The average Bonchev–Trinajstić information content (AvgIpc) is 3.42. The van der Waals surface area contributed by atoms with Crippen LogP contribution in [0.5, 0.6) is 6.01 Å². The molecule has 7 nitrogen and oxygen atoms in total. The minimum absolute atomic E-state index is 0.0761. The number of nitrogens with two attached hydrogens (primary N) is 1. The summed E-state index contributed by atoms with van der Waals surface area (Å²) in [6.45, 7) is 7.38. The van der Waals surface area contributed by atoms with E-state index in [1.165, 1.54) is 12.1 Å². The van der Waals surface area contributed by atoms with E-state index in [1.807, 2.05) is 11.9 Å². The Bertz CT molecular complexity index is 2190. The van der Waals surface area contributed by atoms with Gasteiger partial charge in [0, 0.05) is 64.6 Å². The number of nitrogens with one attached hydrogen (secondary N) is 1. The number of hydrogen-bond donors (Lipinski definition) is 2. The van der Waals surface area contributed by atoms with Crippen molar-refractivity contribution < 1.29 is 26.7 Å². The first-order chi connectivity index (χ1) is 24.3. The van der Waals surface area contributed by atoms with Crippen LogP contribution in [0.4, 0.5) is 33.5 Å². The predicted molar refractivity (Wildman–Crippen MR) is 190 cm³/mol. The van der Waals surface area contributed by atoms with Gasteiger partial charge in [0.2, 0.25) is 6.43 Å². The van der Waals surface area contributed by atoms with E-state index >= 15 is 13.2 Å². The maximum atomic E-state index is 17.5. The van der Waals surface area contributed by atoms with Gasteiger partial charge in [-0.3, -0.25) is 0 Å². The SMILES string of the molecule is C#Cc1c(F)ccc2cc(N)c(F)c(-c3c(Cl)c4c5c(nc(OC[C@]6(C)CN(C)CC[C@@H]6C(F)F)nc5c3F)N3C[C@H]5CCC(N5)[C@H]3CC4=C)c12. The first-order valence-corrected chi connectivity index (χ1v) is 17.4. The Morgan fingerprint density at radius 2 is 1.92 bits per heavy atom. The van der Waals surface area contributed by atoms with Crippen molar-refractivity contribution in [2.75, 3.05) is 43.9 Å². The average molecular weight is 723 g/mol. The van der Waals surface area contributed by atoms with E-state index in [4.69, 9.17) is 33.5 Å². The van der Waals surface area contributed by atoms with Gasteiger partial charge in [0.1, 0.15) is 17.2 Å². The van der Waals surface area contributed by atoms with Crippen molar-refractivity contribution in [2.24, 2.45) is 11.3 Å². The number of aromatic nitrogens is 2. The standard InChI is InChI=1S/C38H36ClF5N6O/c1-5-20-22(40)8-6-18-13-23(45)32(41)28(27(18)20)29-31(39)26-17(2)12-25-24-9-7-19(46-24)14-50(25)36-30(26)34(33(29)42)47-37(48-36)51-16-38(3)15-49(4)11-10-21(38)35(43)44/h1,6,8,13,19,21,24-25,35,46H,2,7,9-12,14-16,45H2,3-4H3/t19-,21-,24?,25-,38+/m1/s1. The fraction of sp³-hybridized carbons (Fsp3) is 0.421. The minimum Gasteiger partial charge on any atom is -0.463 e. The van der Waals surface area contributed by atoms with Crippen LogP contribution in [0.25, 0.3) is 38.4 Å². The van der Waals surface area contributed by atoms with Crippen LogP contribution in [0.1, 0.15) is 43.7 Å². The third-order valence-electron chi connectivity index (χ3n) is 11.4. The molecule has 4 aliphatic rings. The van der Waals surface area contributed by atoms with Gasteiger partial charge in [-0.25, -0.2) is 22.0 Å². The number of likely N-dealkylation sites (tertiary alicyclic amines) is 1. The Hall–Kier alpha value is -4.18. The van der Waals surface area contributed by atoms with E-state index in [0.29, 0.717) is 43.0 Å². The van der Waals surface area contributed by atoms with Crippen LogP contribution in [0.15, 0.2) is 24.8 Å². The second-order valence-electron chi connectivity index (χ2n) is 14.7. The zero-order valence-corrected chi connectivity index (χ0v) is 28.9. The first-order valence-electron chi connectivity index (χ1n) is 17.0. The van der Waals surface area contributed by atoms with Crippen LogP contribution in [-0.4, -0.2) is 72.7 Å². The van der Waals surface area contributed by atoms with Gasteiger partial charge in [0.15, 0.2) is 11.6 Å². The largest absolute Gasteiger partial charge is 0.463 e. The number of nitrogens with zero attached hydrogens (tertiary/aromatic N) is 4. The van der Waals surface area contributed by atoms with Crippen LogP contribution in [0.2, 0.25) is 5.02 Å². The summed E-state index contributed by atoms with van der Waals surface area (Å²) in [6.07, 6.45) is 5.71. The molecule has 3 fully saturated rings. The first kappa shape index (κ1) is 33.9. The normalized spacial score (nSPS) is 26.1. The molecule has 1 unspecified atom stereocenters. The van der Waals surface area contributed by atoms with Crippen LogP contribution in [0, 0.1) is 41.1 Å². The van der Waals surface area contributed by atoms with Gasteiger partial charge in [0.25, 0.3) is 0 Å². The van der Waals surface area contributed by atoms with Gasteiger partial charge >= 0.3 is 6.01 Å². The molecule has 13 heteroatoms. The van der Waals surface area contributed by atoms with Crippen molar-refractivity contribution in [3.8, 4) is 29.5 Å².